The number of nitrogens with zero attached hydrogens (tertiary/aromatic N) is 5. The highest BCUT2D eigenvalue weighted by Crippen LogP contribution is 2.38. The van der Waals surface area contributed by atoms with Crippen molar-refractivity contribution in [1.82, 2.24) is 29.6 Å². The van der Waals surface area contributed by atoms with E-state index in [0.29, 0.717) is 31.2 Å². The standard InChI is InChI=1S/C17H18N6O/c24-17(13-4-3-12-5-7-18-15(12)19-13)22-8-6-14-20-16(11-1-2-11)21-23(14)10-9-22/h3-5,7,11H,1-2,6,8-10H2,(H,18,19). The molecular formula is C17H18N6O. The van der Waals surface area contributed by atoms with Gasteiger partial charge in [0.1, 0.15) is 17.2 Å². The molecule has 4 heterocycles. The van der Waals surface area contributed by atoms with E-state index in [-0.39, 0.29) is 5.91 Å². The molecule has 1 fully saturated rings. The van der Waals surface area contributed by atoms with Crippen LogP contribution in [-0.4, -0.2) is 48.6 Å². The van der Waals surface area contributed by atoms with Crippen LogP contribution in [0.3, 0.4) is 0 Å². The van der Waals surface area contributed by atoms with E-state index in [1.807, 2.05) is 27.9 Å². The van der Waals surface area contributed by atoms with Gasteiger partial charge in [0.05, 0.1) is 6.54 Å². The smallest absolute Gasteiger partial charge is 0.272 e. The molecule has 1 amide bonds. The molecule has 1 aliphatic heterocycles. The third-order valence-corrected chi connectivity index (χ3v) is 4.81. The molecule has 7 nitrogen and oxygen atoms in total. The van der Waals surface area contributed by atoms with Crippen LogP contribution in [0.1, 0.15) is 40.9 Å². The van der Waals surface area contributed by atoms with Crippen LogP contribution in [0.15, 0.2) is 24.4 Å². The molecule has 0 radical (unpaired) electrons. The van der Waals surface area contributed by atoms with Gasteiger partial charge in [0.2, 0.25) is 0 Å². The van der Waals surface area contributed by atoms with Crippen molar-refractivity contribution in [3.05, 3.63) is 41.7 Å². The van der Waals surface area contributed by atoms with Gasteiger partial charge < -0.3 is 9.88 Å². The normalized spacial score (nSPS) is 17.8. The SMILES string of the molecule is O=C(c1ccc2cc[nH]c2n1)N1CCc2nc(C3CC3)nn2CC1. The van der Waals surface area contributed by atoms with Gasteiger partial charge >= 0.3 is 0 Å². The third kappa shape index (κ3) is 2.28. The Balaban J connectivity index is 1.35. The maximum Gasteiger partial charge on any atom is 0.272 e. The van der Waals surface area contributed by atoms with Gasteiger partial charge in [-0.2, -0.15) is 5.10 Å². The van der Waals surface area contributed by atoms with Gasteiger partial charge in [-0.05, 0) is 31.0 Å². The van der Waals surface area contributed by atoms with Crippen LogP contribution in [0.2, 0.25) is 0 Å². The number of amides is 1. The summed E-state index contributed by atoms with van der Waals surface area (Å²) in [5.74, 6) is 2.53. The number of hydrogen-bond acceptors (Lipinski definition) is 4. The summed E-state index contributed by atoms with van der Waals surface area (Å²) in [6, 6.07) is 5.67. The molecule has 1 saturated carbocycles. The van der Waals surface area contributed by atoms with Gasteiger partial charge in [-0.1, -0.05) is 0 Å². The Morgan fingerprint density at radius 3 is 2.92 bits per heavy atom. The summed E-state index contributed by atoms with van der Waals surface area (Å²) in [5, 5.41) is 5.63. The number of carbonyl (C=O) groups is 1. The third-order valence-electron chi connectivity index (χ3n) is 4.81. The van der Waals surface area contributed by atoms with Gasteiger partial charge in [0, 0.05) is 37.0 Å². The zero-order valence-electron chi connectivity index (χ0n) is 13.3. The first-order valence-corrected chi connectivity index (χ1v) is 8.45. The maximum absolute atomic E-state index is 12.8. The van der Waals surface area contributed by atoms with Crippen molar-refractivity contribution in [2.75, 3.05) is 13.1 Å². The van der Waals surface area contributed by atoms with Crippen molar-refractivity contribution < 1.29 is 4.79 Å². The molecule has 2 aliphatic rings. The van der Waals surface area contributed by atoms with E-state index in [9.17, 15) is 4.79 Å². The summed E-state index contributed by atoms with van der Waals surface area (Å²) in [7, 11) is 0. The lowest BCUT2D eigenvalue weighted by Gasteiger charge is -2.19. The van der Waals surface area contributed by atoms with Crippen LogP contribution in [0.5, 0.6) is 0 Å². The average molecular weight is 322 g/mol. The lowest BCUT2D eigenvalue weighted by molar-refractivity contribution is 0.0752. The van der Waals surface area contributed by atoms with Crippen LogP contribution in [0, 0.1) is 0 Å². The fraction of sp³-hybridized carbons (Fsp3) is 0.412. The largest absolute Gasteiger partial charge is 0.346 e. The molecule has 0 spiro atoms. The van der Waals surface area contributed by atoms with Gasteiger partial charge in [-0.3, -0.25) is 4.79 Å². The van der Waals surface area contributed by atoms with E-state index in [0.717, 1.165) is 29.1 Å². The molecule has 122 valence electrons. The van der Waals surface area contributed by atoms with Crippen LogP contribution >= 0.6 is 0 Å². The highest BCUT2D eigenvalue weighted by molar-refractivity contribution is 5.94. The Morgan fingerprint density at radius 1 is 1.12 bits per heavy atom. The lowest BCUT2D eigenvalue weighted by Crippen LogP contribution is -2.34. The number of aromatic nitrogens is 5. The molecular weight excluding hydrogens is 304 g/mol. The second-order valence-corrected chi connectivity index (χ2v) is 6.54. The Morgan fingerprint density at radius 2 is 2.04 bits per heavy atom. The van der Waals surface area contributed by atoms with Gasteiger partial charge in [0.25, 0.3) is 5.91 Å². The van der Waals surface area contributed by atoms with E-state index in [4.69, 9.17) is 0 Å². The summed E-state index contributed by atoms with van der Waals surface area (Å²) < 4.78 is 1.97. The van der Waals surface area contributed by atoms with Crippen molar-refractivity contribution in [2.45, 2.75) is 31.7 Å². The number of hydrogen-bond donors (Lipinski definition) is 1. The number of aromatic amines is 1. The molecule has 0 aromatic carbocycles. The second kappa shape index (κ2) is 5.15. The second-order valence-electron chi connectivity index (χ2n) is 6.54. The lowest BCUT2D eigenvalue weighted by atomic mass is 10.2. The fourth-order valence-electron chi connectivity index (χ4n) is 3.25. The van der Waals surface area contributed by atoms with Crippen LogP contribution in [-0.2, 0) is 13.0 Å². The molecule has 3 aromatic heterocycles. The van der Waals surface area contributed by atoms with Crippen LogP contribution < -0.4 is 0 Å². The monoisotopic (exact) mass is 322 g/mol. The van der Waals surface area contributed by atoms with E-state index >= 15 is 0 Å². The van der Waals surface area contributed by atoms with Crippen molar-refractivity contribution in [2.24, 2.45) is 0 Å². The number of rotatable bonds is 2. The van der Waals surface area contributed by atoms with Crippen molar-refractivity contribution in [3.63, 3.8) is 0 Å². The Hall–Kier alpha value is -2.70. The van der Waals surface area contributed by atoms with E-state index in [1.165, 1.54) is 12.8 Å². The van der Waals surface area contributed by atoms with Crippen molar-refractivity contribution >= 4 is 16.9 Å². The molecule has 0 unspecified atom stereocenters. The summed E-state index contributed by atoms with van der Waals surface area (Å²) in [4.78, 5) is 26.8. The number of pyridine rings is 1. The molecule has 0 saturated heterocycles. The minimum Gasteiger partial charge on any atom is -0.346 e. The average Bonchev–Trinajstić information content (AvgIpc) is 3.27. The molecule has 3 aromatic rings. The summed E-state index contributed by atoms with van der Waals surface area (Å²) in [5.41, 5.74) is 1.23. The summed E-state index contributed by atoms with van der Waals surface area (Å²) >= 11 is 0. The van der Waals surface area contributed by atoms with Crippen molar-refractivity contribution in [1.29, 1.82) is 0 Å². The zero-order valence-corrected chi connectivity index (χ0v) is 13.3. The molecule has 1 N–H and O–H groups in total. The van der Waals surface area contributed by atoms with Crippen molar-refractivity contribution in [3.8, 4) is 0 Å². The van der Waals surface area contributed by atoms with Gasteiger partial charge in [0.15, 0.2) is 5.82 Å². The topological polar surface area (TPSA) is 79.7 Å². The Kier molecular flexibility index (Phi) is 2.95. The molecule has 1 aliphatic carbocycles. The minimum atomic E-state index is -0.0281. The maximum atomic E-state index is 12.8. The van der Waals surface area contributed by atoms with Gasteiger partial charge in [-0.15, -0.1) is 0 Å². The number of nitrogens with one attached hydrogen (secondary N) is 1. The van der Waals surface area contributed by atoms with E-state index in [2.05, 4.69) is 20.1 Å². The van der Waals surface area contributed by atoms with E-state index < -0.39 is 0 Å². The predicted octanol–water partition coefficient (Wildman–Crippen LogP) is 1.73. The quantitative estimate of drug-likeness (QED) is 0.779. The number of H-pyrrole nitrogens is 1. The molecule has 7 heteroatoms. The Bertz CT molecular complexity index is 897. The fourth-order valence-corrected chi connectivity index (χ4v) is 3.25. The van der Waals surface area contributed by atoms with Crippen LogP contribution in [0.4, 0.5) is 0 Å². The van der Waals surface area contributed by atoms with Crippen LogP contribution in [0.25, 0.3) is 11.0 Å². The number of carbonyl (C=O) groups excluding carboxylic acids is 1. The molecule has 0 bridgehead atoms. The predicted molar refractivity (Wildman–Crippen MR) is 87.7 cm³/mol. The zero-order chi connectivity index (χ0) is 16.1. The molecule has 5 rings (SSSR count). The van der Waals surface area contributed by atoms with E-state index in [1.54, 1.807) is 6.07 Å². The molecule has 24 heavy (non-hydrogen) atoms. The number of fused-ring (bicyclic) bond motifs is 2. The Labute approximate surface area is 138 Å². The molecule has 0 atom stereocenters. The summed E-state index contributed by atoms with van der Waals surface area (Å²) in [6.07, 6.45) is 5.00. The summed E-state index contributed by atoms with van der Waals surface area (Å²) in [6.45, 7) is 2.00. The first-order chi connectivity index (χ1) is 11.8. The first-order valence-electron chi connectivity index (χ1n) is 8.45. The van der Waals surface area contributed by atoms with Gasteiger partial charge in [-0.25, -0.2) is 14.6 Å². The highest BCUT2D eigenvalue weighted by atomic mass is 16.2. The highest BCUT2D eigenvalue weighted by Gasteiger charge is 2.30. The first kappa shape index (κ1) is 13.7. The minimum absolute atomic E-state index is 0.0281.